The van der Waals surface area contributed by atoms with E-state index in [2.05, 4.69) is 10.5 Å². The van der Waals surface area contributed by atoms with Crippen molar-refractivity contribution in [2.24, 2.45) is 0 Å². The third kappa shape index (κ3) is 3.14. The van der Waals surface area contributed by atoms with Gasteiger partial charge in [0.05, 0.1) is 10.6 Å². The second-order valence-corrected chi connectivity index (χ2v) is 5.23. The van der Waals surface area contributed by atoms with E-state index in [1.54, 1.807) is 12.3 Å². The minimum Gasteiger partial charge on any atom is -0.362 e. The van der Waals surface area contributed by atoms with E-state index in [0.717, 1.165) is 5.69 Å². The van der Waals surface area contributed by atoms with Crippen molar-refractivity contribution in [3.8, 4) is 17.3 Å². The number of nitriles is 1. The maximum atomic E-state index is 14.0. The second-order valence-electron chi connectivity index (χ2n) is 4.82. The minimum atomic E-state index is -0.565. The first kappa shape index (κ1) is 15.8. The van der Waals surface area contributed by atoms with Gasteiger partial charge in [0.25, 0.3) is 0 Å². The summed E-state index contributed by atoms with van der Waals surface area (Å²) in [5.74, 6) is -0.347. The van der Waals surface area contributed by atoms with Crippen LogP contribution in [-0.4, -0.2) is 5.16 Å². The Hall–Kier alpha value is -3.10. The molecule has 0 atom stereocenters. The Kier molecular flexibility index (Phi) is 4.59. The van der Waals surface area contributed by atoms with Crippen molar-refractivity contribution in [1.82, 2.24) is 5.16 Å². The van der Waals surface area contributed by atoms with Crippen molar-refractivity contribution in [2.75, 3.05) is 5.32 Å². The Labute approximate surface area is 142 Å². The Balaban J connectivity index is 1.92. The molecule has 0 aliphatic rings. The number of hydrogen-bond acceptors (Lipinski definition) is 4. The highest BCUT2D eigenvalue weighted by molar-refractivity contribution is 6.33. The molecule has 3 rings (SSSR count). The predicted octanol–water partition coefficient (Wildman–Crippen LogP) is 5.09. The summed E-state index contributed by atoms with van der Waals surface area (Å²) in [7, 11) is 0. The molecule has 4 nitrogen and oxygen atoms in total. The van der Waals surface area contributed by atoms with Crippen LogP contribution in [0.1, 0.15) is 11.3 Å². The molecule has 0 saturated heterocycles. The van der Waals surface area contributed by atoms with Gasteiger partial charge in [0.1, 0.15) is 23.1 Å². The highest BCUT2D eigenvalue weighted by Crippen LogP contribution is 2.33. The number of benzene rings is 2. The molecule has 0 spiro atoms. The van der Waals surface area contributed by atoms with Gasteiger partial charge in [-0.25, -0.2) is 4.39 Å². The molecule has 0 radical (unpaired) electrons. The van der Waals surface area contributed by atoms with Gasteiger partial charge >= 0.3 is 0 Å². The van der Waals surface area contributed by atoms with Gasteiger partial charge in [0.15, 0.2) is 5.76 Å². The van der Waals surface area contributed by atoms with Crippen LogP contribution in [0.15, 0.2) is 59.3 Å². The monoisotopic (exact) mass is 339 g/mol. The van der Waals surface area contributed by atoms with E-state index in [1.165, 1.54) is 18.2 Å². The molecular formula is C18H11ClFN3O. The van der Waals surface area contributed by atoms with Crippen LogP contribution in [0.4, 0.5) is 10.1 Å². The topological polar surface area (TPSA) is 61.9 Å². The largest absolute Gasteiger partial charge is 0.362 e. The van der Waals surface area contributed by atoms with Gasteiger partial charge in [-0.2, -0.15) is 5.26 Å². The molecule has 0 aliphatic heterocycles. The lowest BCUT2D eigenvalue weighted by Crippen LogP contribution is -1.89. The second kappa shape index (κ2) is 6.99. The lowest BCUT2D eigenvalue weighted by molar-refractivity contribution is 0.414. The van der Waals surface area contributed by atoms with Crippen molar-refractivity contribution in [1.29, 1.82) is 5.26 Å². The fourth-order valence-corrected chi connectivity index (χ4v) is 2.42. The SMILES string of the molecule is N#Cc1c(-c2c(F)cccc2Cl)noc1/C=C/Nc1ccccc1. The normalized spacial score (nSPS) is 10.7. The first-order valence-corrected chi connectivity index (χ1v) is 7.41. The lowest BCUT2D eigenvalue weighted by Gasteiger charge is -2.01. The van der Waals surface area contributed by atoms with E-state index in [9.17, 15) is 9.65 Å². The molecule has 0 saturated carbocycles. The molecule has 0 amide bonds. The zero-order valence-electron chi connectivity index (χ0n) is 12.3. The lowest BCUT2D eigenvalue weighted by atomic mass is 10.1. The number of nitrogens with zero attached hydrogens (tertiary/aromatic N) is 2. The van der Waals surface area contributed by atoms with E-state index in [1.807, 2.05) is 36.4 Å². The number of rotatable bonds is 4. The van der Waals surface area contributed by atoms with Crippen molar-refractivity contribution in [3.05, 3.63) is 76.9 Å². The summed E-state index contributed by atoms with van der Waals surface area (Å²) in [6.07, 6.45) is 3.17. The average Bonchev–Trinajstić information content (AvgIpc) is 2.98. The molecule has 0 bridgehead atoms. The van der Waals surface area contributed by atoms with Gasteiger partial charge in [-0.05, 0) is 24.3 Å². The average molecular weight is 340 g/mol. The molecule has 118 valence electrons. The molecule has 1 aromatic heterocycles. The van der Waals surface area contributed by atoms with E-state index in [0.29, 0.717) is 0 Å². The first-order chi connectivity index (χ1) is 11.7. The third-order valence-corrected chi connectivity index (χ3v) is 3.60. The van der Waals surface area contributed by atoms with Crippen LogP contribution in [0.2, 0.25) is 5.02 Å². The molecule has 0 fully saturated rings. The van der Waals surface area contributed by atoms with Crippen LogP contribution in [-0.2, 0) is 0 Å². The summed E-state index contributed by atoms with van der Waals surface area (Å²) in [5.41, 5.74) is 1.13. The summed E-state index contributed by atoms with van der Waals surface area (Å²) >= 11 is 6.03. The maximum Gasteiger partial charge on any atom is 0.179 e. The maximum absolute atomic E-state index is 14.0. The van der Waals surface area contributed by atoms with Crippen molar-refractivity contribution < 1.29 is 8.91 Å². The Morgan fingerprint density at radius 2 is 1.96 bits per heavy atom. The summed E-state index contributed by atoms with van der Waals surface area (Å²) in [4.78, 5) is 0. The van der Waals surface area contributed by atoms with Gasteiger partial charge in [-0.3, -0.25) is 0 Å². The third-order valence-electron chi connectivity index (χ3n) is 3.29. The Morgan fingerprint density at radius 1 is 1.17 bits per heavy atom. The summed E-state index contributed by atoms with van der Waals surface area (Å²) < 4.78 is 19.2. The van der Waals surface area contributed by atoms with Crippen LogP contribution in [0.25, 0.3) is 17.3 Å². The zero-order valence-corrected chi connectivity index (χ0v) is 13.1. The number of para-hydroxylation sites is 1. The number of halogens is 2. The summed E-state index contributed by atoms with van der Waals surface area (Å²) in [5, 5.41) is 16.4. The van der Waals surface area contributed by atoms with E-state index in [-0.39, 0.29) is 27.6 Å². The highest BCUT2D eigenvalue weighted by atomic mass is 35.5. The quantitative estimate of drug-likeness (QED) is 0.719. The Bertz CT molecular complexity index is 909. The van der Waals surface area contributed by atoms with Crippen LogP contribution in [0.3, 0.4) is 0 Å². The standard InChI is InChI=1S/C18H11ClFN3O/c19-14-7-4-8-15(20)17(14)18-13(11-21)16(24-23-18)9-10-22-12-5-2-1-3-6-12/h1-10,22H/b10-9+. The first-order valence-electron chi connectivity index (χ1n) is 7.03. The molecular weight excluding hydrogens is 329 g/mol. The van der Waals surface area contributed by atoms with E-state index in [4.69, 9.17) is 16.1 Å². The highest BCUT2D eigenvalue weighted by Gasteiger charge is 2.21. The van der Waals surface area contributed by atoms with Crippen molar-refractivity contribution in [3.63, 3.8) is 0 Å². The van der Waals surface area contributed by atoms with E-state index < -0.39 is 5.82 Å². The van der Waals surface area contributed by atoms with Crippen molar-refractivity contribution >= 4 is 23.4 Å². The minimum absolute atomic E-state index is 0.0511. The van der Waals surface area contributed by atoms with Crippen LogP contribution in [0.5, 0.6) is 0 Å². The number of anilines is 1. The number of aromatic nitrogens is 1. The molecule has 1 heterocycles. The molecule has 2 aromatic carbocycles. The Morgan fingerprint density at radius 3 is 2.67 bits per heavy atom. The molecule has 0 aliphatic carbocycles. The van der Waals surface area contributed by atoms with Gasteiger partial charge in [0.2, 0.25) is 0 Å². The van der Waals surface area contributed by atoms with Gasteiger partial charge < -0.3 is 9.84 Å². The number of hydrogen-bond donors (Lipinski definition) is 1. The molecule has 3 aromatic rings. The van der Waals surface area contributed by atoms with Gasteiger partial charge in [-0.15, -0.1) is 0 Å². The van der Waals surface area contributed by atoms with Crippen LogP contribution < -0.4 is 5.32 Å². The van der Waals surface area contributed by atoms with Gasteiger partial charge in [-0.1, -0.05) is 41.0 Å². The molecule has 1 N–H and O–H groups in total. The predicted molar refractivity (Wildman–Crippen MR) is 90.7 cm³/mol. The van der Waals surface area contributed by atoms with Crippen molar-refractivity contribution in [2.45, 2.75) is 0 Å². The van der Waals surface area contributed by atoms with Gasteiger partial charge in [0, 0.05) is 18.0 Å². The van der Waals surface area contributed by atoms with Crippen LogP contribution >= 0.6 is 11.6 Å². The molecule has 24 heavy (non-hydrogen) atoms. The fourth-order valence-electron chi connectivity index (χ4n) is 2.17. The van der Waals surface area contributed by atoms with Crippen LogP contribution in [0, 0.1) is 17.1 Å². The molecule has 6 heteroatoms. The summed E-state index contributed by atoms with van der Waals surface area (Å²) in [6, 6.07) is 15.7. The fraction of sp³-hybridized carbons (Fsp3) is 0. The van der Waals surface area contributed by atoms with E-state index >= 15 is 0 Å². The smallest absolute Gasteiger partial charge is 0.179 e. The zero-order chi connectivity index (χ0) is 16.9. The number of nitrogens with one attached hydrogen (secondary N) is 1. The summed E-state index contributed by atoms with van der Waals surface area (Å²) in [6.45, 7) is 0. The molecule has 0 unspecified atom stereocenters.